The van der Waals surface area contributed by atoms with Crippen molar-refractivity contribution in [3.63, 3.8) is 0 Å². The minimum atomic E-state index is -0.932. The van der Waals surface area contributed by atoms with Gasteiger partial charge in [-0.05, 0) is 11.6 Å². The Morgan fingerprint density at radius 1 is 1.45 bits per heavy atom. The number of aromatic carboxylic acids is 1. The largest absolute Gasteiger partial charge is 0.477 e. The van der Waals surface area contributed by atoms with Crippen molar-refractivity contribution in [1.29, 1.82) is 0 Å². The SMILES string of the molecule is O=C(O)c1cc(SCc2ccc([N+](=O)[O-])cc2Br)cs1. The molecule has 0 radical (unpaired) electrons. The first-order valence-electron chi connectivity index (χ1n) is 5.35. The smallest absolute Gasteiger partial charge is 0.345 e. The van der Waals surface area contributed by atoms with Crippen LogP contribution < -0.4 is 0 Å². The van der Waals surface area contributed by atoms with Gasteiger partial charge < -0.3 is 5.11 Å². The van der Waals surface area contributed by atoms with E-state index in [1.54, 1.807) is 17.5 Å². The van der Waals surface area contributed by atoms with Gasteiger partial charge in [-0.15, -0.1) is 23.1 Å². The van der Waals surface area contributed by atoms with Gasteiger partial charge in [0.2, 0.25) is 0 Å². The summed E-state index contributed by atoms with van der Waals surface area (Å²) in [7, 11) is 0. The van der Waals surface area contributed by atoms with E-state index >= 15 is 0 Å². The van der Waals surface area contributed by atoms with Gasteiger partial charge in [-0.3, -0.25) is 10.1 Å². The van der Waals surface area contributed by atoms with E-state index in [4.69, 9.17) is 5.11 Å². The second kappa shape index (κ2) is 6.38. The lowest BCUT2D eigenvalue weighted by atomic mass is 10.2. The Kier molecular flexibility index (Phi) is 4.79. The highest BCUT2D eigenvalue weighted by molar-refractivity contribution is 9.10. The van der Waals surface area contributed by atoms with E-state index in [1.165, 1.54) is 35.2 Å². The zero-order chi connectivity index (χ0) is 14.7. The fourth-order valence-corrected chi connectivity index (χ4v) is 4.00. The predicted octanol–water partition coefficient (Wildman–Crippen LogP) is 4.41. The number of thiophene rings is 1. The van der Waals surface area contributed by atoms with Crippen molar-refractivity contribution in [3.05, 3.63) is 54.7 Å². The first-order chi connectivity index (χ1) is 9.47. The number of nitrogens with zero attached hydrogens (tertiary/aromatic N) is 1. The number of thioether (sulfide) groups is 1. The molecule has 0 aliphatic carbocycles. The molecule has 0 fully saturated rings. The fourth-order valence-electron chi connectivity index (χ4n) is 1.43. The van der Waals surface area contributed by atoms with Gasteiger partial charge in [0.15, 0.2) is 0 Å². The average Bonchev–Trinajstić information content (AvgIpc) is 2.86. The summed E-state index contributed by atoms with van der Waals surface area (Å²) in [5.74, 6) is -0.327. The summed E-state index contributed by atoms with van der Waals surface area (Å²) in [5, 5.41) is 21.3. The number of carbonyl (C=O) groups is 1. The van der Waals surface area contributed by atoms with Crippen LogP contribution in [0.2, 0.25) is 0 Å². The molecule has 0 aliphatic rings. The van der Waals surface area contributed by atoms with E-state index in [-0.39, 0.29) is 5.69 Å². The van der Waals surface area contributed by atoms with Gasteiger partial charge in [0.1, 0.15) is 4.88 Å². The van der Waals surface area contributed by atoms with Gasteiger partial charge in [0.05, 0.1) is 4.92 Å². The number of carboxylic acids is 1. The molecule has 0 spiro atoms. The first kappa shape index (κ1) is 15.0. The number of carboxylic acid groups (broad SMARTS) is 1. The molecule has 0 saturated carbocycles. The molecule has 0 amide bonds. The van der Waals surface area contributed by atoms with Crippen LogP contribution in [-0.4, -0.2) is 16.0 Å². The van der Waals surface area contributed by atoms with Crippen molar-refractivity contribution in [2.45, 2.75) is 10.6 Å². The Balaban J connectivity index is 2.06. The maximum Gasteiger partial charge on any atom is 0.345 e. The lowest BCUT2D eigenvalue weighted by molar-refractivity contribution is -0.384. The average molecular weight is 374 g/mol. The van der Waals surface area contributed by atoms with E-state index in [2.05, 4.69) is 15.9 Å². The van der Waals surface area contributed by atoms with Gasteiger partial charge in [0.25, 0.3) is 5.69 Å². The third kappa shape index (κ3) is 3.59. The van der Waals surface area contributed by atoms with Crippen LogP contribution in [0.5, 0.6) is 0 Å². The van der Waals surface area contributed by atoms with Gasteiger partial charge in [-0.25, -0.2) is 4.79 Å². The molecule has 0 aliphatic heterocycles. The van der Waals surface area contributed by atoms with Crippen LogP contribution in [0.4, 0.5) is 5.69 Å². The molecule has 0 saturated heterocycles. The minimum absolute atomic E-state index is 0.0364. The van der Waals surface area contributed by atoms with Gasteiger partial charge in [-0.1, -0.05) is 22.0 Å². The Labute approximate surface area is 130 Å². The summed E-state index contributed by atoms with van der Waals surface area (Å²) in [6.07, 6.45) is 0. The molecule has 8 heteroatoms. The molecule has 104 valence electrons. The standard InChI is InChI=1S/C12H8BrNO4S2/c13-10-3-8(14(17)18)2-1-7(10)5-19-9-4-11(12(15)16)20-6-9/h1-4,6H,5H2,(H,15,16). The Bertz CT molecular complexity index is 671. The minimum Gasteiger partial charge on any atom is -0.477 e. The number of benzene rings is 1. The van der Waals surface area contributed by atoms with Gasteiger partial charge >= 0.3 is 5.97 Å². The van der Waals surface area contributed by atoms with Crippen LogP contribution in [0.15, 0.2) is 39.0 Å². The highest BCUT2D eigenvalue weighted by atomic mass is 79.9. The second-order valence-corrected chi connectivity index (χ2v) is 6.59. The predicted molar refractivity (Wildman–Crippen MR) is 81.6 cm³/mol. The number of rotatable bonds is 5. The molecule has 0 bridgehead atoms. The highest BCUT2D eigenvalue weighted by Crippen LogP contribution is 2.31. The first-order valence-corrected chi connectivity index (χ1v) is 8.00. The van der Waals surface area contributed by atoms with Crippen LogP contribution in [0.1, 0.15) is 15.2 Å². The number of hydrogen-bond donors (Lipinski definition) is 1. The molecule has 0 atom stereocenters. The monoisotopic (exact) mass is 373 g/mol. The van der Waals surface area contributed by atoms with Crippen LogP contribution in [0, 0.1) is 10.1 Å². The lowest BCUT2D eigenvalue weighted by Gasteiger charge is -2.03. The van der Waals surface area contributed by atoms with Gasteiger partial charge in [0, 0.05) is 32.6 Å². The second-order valence-electron chi connectivity index (χ2n) is 3.77. The van der Waals surface area contributed by atoms with Crippen molar-refractivity contribution in [2.75, 3.05) is 0 Å². The molecule has 20 heavy (non-hydrogen) atoms. The van der Waals surface area contributed by atoms with Crippen molar-refractivity contribution < 1.29 is 14.8 Å². The normalized spacial score (nSPS) is 10.4. The van der Waals surface area contributed by atoms with Crippen LogP contribution in [0.3, 0.4) is 0 Å². The molecular weight excluding hydrogens is 366 g/mol. The Hall–Kier alpha value is -1.38. The summed E-state index contributed by atoms with van der Waals surface area (Å²) in [5.41, 5.74) is 0.956. The molecule has 5 nitrogen and oxygen atoms in total. The van der Waals surface area contributed by atoms with Crippen LogP contribution in [0.25, 0.3) is 0 Å². The third-order valence-electron chi connectivity index (χ3n) is 2.43. The van der Waals surface area contributed by atoms with E-state index < -0.39 is 10.9 Å². The van der Waals surface area contributed by atoms with E-state index in [9.17, 15) is 14.9 Å². The number of nitro groups is 1. The Morgan fingerprint density at radius 3 is 2.75 bits per heavy atom. The molecule has 1 N–H and O–H groups in total. The fraction of sp³-hybridized carbons (Fsp3) is 0.0833. The molecule has 2 aromatic rings. The zero-order valence-corrected chi connectivity index (χ0v) is 13.1. The van der Waals surface area contributed by atoms with Crippen molar-refractivity contribution >= 4 is 50.7 Å². The summed E-state index contributed by atoms with van der Waals surface area (Å²) in [4.78, 5) is 22.1. The number of halogens is 1. The molecule has 2 rings (SSSR count). The van der Waals surface area contributed by atoms with Crippen molar-refractivity contribution in [1.82, 2.24) is 0 Å². The molecule has 1 heterocycles. The quantitative estimate of drug-likeness (QED) is 0.476. The van der Waals surface area contributed by atoms with Gasteiger partial charge in [-0.2, -0.15) is 0 Å². The van der Waals surface area contributed by atoms with Crippen LogP contribution in [-0.2, 0) is 5.75 Å². The maximum atomic E-state index is 10.8. The van der Waals surface area contributed by atoms with E-state index in [1.807, 2.05) is 0 Å². The molecule has 0 unspecified atom stereocenters. The number of hydrogen-bond acceptors (Lipinski definition) is 5. The third-order valence-corrected chi connectivity index (χ3v) is 5.26. The topological polar surface area (TPSA) is 80.4 Å². The summed E-state index contributed by atoms with van der Waals surface area (Å²) in [6, 6.07) is 6.24. The van der Waals surface area contributed by atoms with E-state index in [0.29, 0.717) is 15.1 Å². The summed E-state index contributed by atoms with van der Waals surface area (Å²) in [6.45, 7) is 0. The summed E-state index contributed by atoms with van der Waals surface area (Å²) < 4.78 is 0.674. The number of non-ortho nitro benzene ring substituents is 1. The van der Waals surface area contributed by atoms with Crippen molar-refractivity contribution in [3.8, 4) is 0 Å². The zero-order valence-electron chi connectivity index (χ0n) is 9.91. The highest BCUT2D eigenvalue weighted by Gasteiger charge is 2.11. The molecule has 1 aromatic heterocycles. The van der Waals surface area contributed by atoms with Crippen LogP contribution >= 0.6 is 39.0 Å². The Morgan fingerprint density at radius 2 is 2.20 bits per heavy atom. The van der Waals surface area contributed by atoms with Crippen molar-refractivity contribution in [2.24, 2.45) is 0 Å². The molecular formula is C12H8BrNO4S2. The maximum absolute atomic E-state index is 10.8. The lowest BCUT2D eigenvalue weighted by Crippen LogP contribution is -1.90. The molecule has 1 aromatic carbocycles. The van der Waals surface area contributed by atoms with E-state index in [0.717, 1.165) is 10.5 Å². The summed E-state index contributed by atoms with van der Waals surface area (Å²) >= 11 is 5.98. The number of nitro benzene ring substituents is 1.